The number of rotatable bonds is 1. The van der Waals surface area contributed by atoms with Crippen molar-refractivity contribution in [2.75, 3.05) is 6.79 Å². The monoisotopic (exact) mass is 337 g/mol. The normalized spacial score (nSPS) is 23.9. The van der Waals surface area contributed by atoms with E-state index in [2.05, 4.69) is 25.2 Å². The van der Waals surface area contributed by atoms with Gasteiger partial charge < -0.3 is 20.5 Å². The van der Waals surface area contributed by atoms with Crippen LogP contribution in [0.5, 0.6) is 11.5 Å². The molecular weight excluding hydrogens is 318 g/mol. The number of nitrogens with two attached hydrogens (primary N) is 1. The molecule has 2 aliphatic heterocycles. The summed E-state index contributed by atoms with van der Waals surface area (Å²) in [7, 11) is 0. The Morgan fingerprint density at radius 3 is 2.80 bits per heavy atom. The van der Waals surface area contributed by atoms with Crippen molar-refractivity contribution in [3.8, 4) is 17.6 Å². The third-order valence-corrected chi connectivity index (χ3v) is 4.92. The molecular formula is C19H19N3O3. The number of hydrogen-bond donors (Lipinski definition) is 2. The second kappa shape index (κ2) is 5.28. The Balaban J connectivity index is 1.87. The first-order valence-corrected chi connectivity index (χ1v) is 8.22. The predicted molar refractivity (Wildman–Crippen MR) is 90.3 cm³/mol. The van der Waals surface area contributed by atoms with Crippen LogP contribution in [0.1, 0.15) is 38.2 Å². The summed E-state index contributed by atoms with van der Waals surface area (Å²) in [6.07, 6.45) is 1.17. The first kappa shape index (κ1) is 15.6. The number of allylic oxidation sites excluding steroid dienone is 3. The fourth-order valence-corrected chi connectivity index (χ4v) is 3.86. The van der Waals surface area contributed by atoms with Crippen LogP contribution in [0, 0.1) is 16.7 Å². The van der Waals surface area contributed by atoms with Gasteiger partial charge in [0.25, 0.3) is 0 Å². The topological polar surface area (TPSA) is 97.4 Å². The van der Waals surface area contributed by atoms with Gasteiger partial charge in [-0.25, -0.2) is 0 Å². The lowest BCUT2D eigenvalue weighted by molar-refractivity contribution is -0.118. The van der Waals surface area contributed by atoms with E-state index in [9.17, 15) is 10.1 Å². The van der Waals surface area contributed by atoms with Gasteiger partial charge in [-0.1, -0.05) is 19.9 Å². The zero-order chi connectivity index (χ0) is 17.8. The number of nitrogens with zero attached hydrogens (tertiary/aromatic N) is 1. The molecule has 2 heterocycles. The van der Waals surface area contributed by atoms with Crippen LogP contribution in [0.4, 0.5) is 0 Å². The van der Waals surface area contributed by atoms with E-state index in [1.54, 1.807) is 0 Å². The third kappa shape index (κ3) is 2.43. The van der Waals surface area contributed by atoms with E-state index < -0.39 is 5.92 Å². The number of nitriles is 1. The number of benzene rings is 1. The molecule has 0 saturated heterocycles. The maximum Gasteiger partial charge on any atom is 0.231 e. The minimum Gasteiger partial charge on any atom is -0.454 e. The van der Waals surface area contributed by atoms with Crippen molar-refractivity contribution in [1.29, 1.82) is 5.26 Å². The molecule has 1 aromatic rings. The Kier molecular flexibility index (Phi) is 3.29. The van der Waals surface area contributed by atoms with Crippen molar-refractivity contribution in [1.82, 2.24) is 5.32 Å². The van der Waals surface area contributed by atoms with E-state index in [0.29, 0.717) is 41.3 Å². The highest BCUT2D eigenvalue weighted by Crippen LogP contribution is 2.47. The minimum atomic E-state index is -0.473. The summed E-state index contributed by atoms with van der Waals surface area (Å²) >= 11 is 0. The van der Waals surface area contributed by atoms with Crippen LogP contribution in [0.3, 0.4) is 0 Å². The molecule has 0 spiro atoms. The summed E-state index contributed by atoms with van der Waals surface area (Å²) in [5.74, 6) is 1.19. The summed E-state index contributed by atoms with van der Waals surface area (Å²) < 4.78 is 10.8. The Hall–Kier alpha value is -2.94. The largest absolute Gasteiger partial charge is 0.454 e. The van der Waals surface area contributed by atoms with Crippen molar-refractivity contribution in [3.63, 3.8) is 0 Å². The highest BCUT2D eigenvalue weighted by atomic mass is 16.7. The molecule has 1 unspecified atom stereocenters. The maximum absolute atomic E-state index is 12.9. The van der Waals surface area contributed by atoms with Crippen LogP contribution >= 0.6 is 0 Å². The highest BCUT2D eigenvalue weighted by molar-refractivity contribution is 6.00. The van der Waals surface area contributed by atoms with Crippen molar-refractivity contribution in [3.05, 3.63) is 46.4 Å². The minimum absolute atomic E-state index is 0.0571. The standard InChI is InChI=1S/C19H19N3O3/c1-19(2)6-12-17(13(23)7-19)16(11(8-20)18(21)22-12)10-3-4-14-15(5-10)25-9-24-14/h3-5,16,22H,6-7,9,21H2,1-2H3. The molecule has 0 radical (unpaired) electrons. The third-order valence-electron chi connectivity index (χ3n) is 4.92. The molecule has 0 saturated carbocycles. The van der Waals surface area contributed by atoms with Gasteiger partial charge in [0, 0.05) is 17.7 Å². The van der Waals surface area contributed by atoms with Crippen LogP contribution in [0.15, 0.2) is 40.9 Å². The molecule has 128 valence electrons. The second-order valence-corrected chi connectivity index (χ2v) is 7.44. The predicted octanol–water partition coefficient (Wildman–Crippen LogP) is 2.44. The first-order chi connectivity index (χ1) is 11.9. The van der Waals surface area contributed by atoms with Gasteiger partial charge >= 0.3 is 0 Å². The van der Waals surface area contributed by atoms with Crippen molar-refractivity contribution >= 4 is 5.78 Å². The molecule has 6 nitrogen and oxygen atoms in total. The zero-order valence-corrected chi connectivity index (χ0v) is 14.2. The number of carbonyl (C=O) groups is 1. The van der Waals surface area contributed by atoms with Crippen LogP contribution in [-0.2, 0) is 4.79 Å². The lowest BCUT2D eigenvalue weighted by Crippen LogP contribution is -2.39. The Morgan fingerprint density at radius 2 is 2.04 bits per heavy atom. The fraction of sp³-hybridized carbons (Fsp3) is 0.368. The van der Waals surface area contributed by atoms with E-state index in [-0.39, 0.29) is 18.0 Å². The number of ether oxygens (including phenoxy) is 2. The van der Waals surface area contributed by atoms with Gasteiger partial charge in [0.05, 0.1) is 17.6 Å². The molecule has 0 fully saturated rings. The van der Waals surface area contributed by atoms with E-state index >= 15 is 0 Å². The number of carbonyl (C=O) groups excluding carboxylic acids is 1. The van der Waals surface area contributed by atoms with Gasteiger partial charge in [-0.15, -0.1) is 0 Å². The number of dihydropyridines is 1. The number of fused-ring (bicyclic) bond motifs is 1. The Bertz CT molecular complexity index is 890. The fourth-order valence-electron chi connectivity index (χ4n) is 3.86. The molecule has 0 bridgehead atoms. The number of hydrogen-bond acceptors (Lipinski definition) is 6. The van der Waals surface area contributed by atoms with Gasteiger partial charge in [-0.2, -0.15) is 5.26 Å². The van der Waals surface area contributed by atoms with Gasteiger partial charge in [-0.3, -0.25) is 4.79 Å². The molecule has 0 amide bonds. The van der Waals surface area contributed by atoms with Gasteiger partial charge in [-0.05, 0) is 29.5 Å². The van der Waals surface area contributed by atoms with Crippen LogP contribution in [0.2, 0.25) is 0 Å². The van der Waals surface area contributed by atoms with Crippen LogP contribution in [0.25, 0.3) is 0 Å². The van der Waals surface area contributed by atoms with Crippen molar-refractivity contribution in [2.24, 2.45) is 11.1 Å². The summed E-state index contributed by atoms with van der Waals surface area (Å²) in [5.41, 5.74) is 8.62. The average molecular weight is 337 g/mol. The smallest absolute Gasteiger partial charge is 0.231 e. The number of ketones is 1. The lowest BCUT2D eigenvalue weighted by atomic mass is 9.69. The van der Waals surface area contributed by atoms with Gasteiger partial charge in [0.15, 0.2) is 17.3 Å². The van der Waals surface area contributed by atoms with E-state index in [1.165, 1.54) is 0 Å². The van der Waals surface area contributed by atoms with Crippen molar-refractivity contribution < 1.29 is 14.3 Å². The molecule has 0 aromatic heterocycles. The van der Waals surface area contributed by atoms with Crippen molar-refractivity contribution in [2.45, 2.75) is 32.6 Å². The highest BCUT2D eigenvalue weighted by Gasteiger charge is 2.41. The summed E-state index contributed by atoms with van der Waals surface area (Å²) in [6, 6.07) is 7.69. The summed E-state index contributed by atoms with van der Waals surface area (Å²) in [6.45, 7) is 4.30. The Morgan fingerprint density at radius 1 is 1.28 bits per heavy atom. The zero-order valence-electron chi connectivity index (χ0n) is 14.2. The van der Waals surface area contributed by atoms with E-state index in [1.807, 2.05) is 18.2 Å². The van der Waals surface area contributed by atoms with E-state index in [0.717, 1.165) is 11.3 Å². The molecule has 25 heavy (non-hydrogen) atoms. The molecule has 1 aromatic carbocycles. The van der Waals surface area contributed by atoms with Crippen LogP contribution in [-0.4, -0.2) is 12.6 Å². The summed E-state index contributed by atoms with van der Waals surface area (Å²) in [4.78, 5) is 12.9. The number of nitrogens with one attached hydrogen (secondary N) is 1. The number of Topliss-reactive ketones (excluding diaryl/α,β-unsaturated/α-hetero) is 1. The van der Waals surface area contributed by atoms with Gasteiger partial charge in [0.2, 0.25) is 6.79 Å². The lowest BCUT2D eigenvalue weighted by Gasteiger charge is -2.38. The van der Waals surface area contributed by atoms with Crippen LogP contribution < -0.4 is 20.5 Å². The van der Waals surface area contributed by atoms with E-state index in [4.69, 9.17) is 15.2 Å². The Labute approximate surface area is 145 Å². The average Bonchev–Trinajstić information content (AvgIpc) is 2.99. The quantitative estimate of drug-likeness (QED) is 0.817. The first-order valence-electron chi connectivity index (χ1n) is 8.22. The summed E-state index contributed by atoms with van der Waals surface area (Å²) in [5, 5.41) is 12.7. The second-order valence-electron chi connectivity index (χ2n) is 7.44. The SMILES string of the molecule is CC1(C)CC(=O)C2=C(C1)NC(N)=C(C#N)C2c1ccc2c(c1)OCO2. The molecule has 6 heteroatoms. The molecule has 3 N–H and O–H groups in total. The maximum atomic E-state index is 12.9. The molecule has 1 atom stereocenters. The van der Waals surface area contributed by atoms with Gasteiger partial charge in [0.1, 0.15) is 5.82 Å². The molecule has 4 rings (SSSR count). The molecule has 3 aliphatic rings. The molecule has 1 aliphatic carbocycles.